The fourth-order valence-electron chi connectivity index (χ4n) is 4.78. The van der Waals surface area contributed by atoms with Crippen molar-refractivity contribution in [1.82, 2.24) is 15.5 Å². The van der Waals surface area contributed by atoms with Crippen LogP contribution >= 0.6 is 0 Å². The van der Waals surface area contributed by atoms with Crippen molar-refractivity contribution in [3.05, 3.63) is 74.2 Å². The van der Waals surface area contributed by atoms with E-state index in [0.717, 1.165) is 37.8 Å². The van der Waals surface area contributed by atoms with Crippen LogP contribution in [0.4, 0.5) is 5.69 Å². The maximum absolute atomic E-state index is 13.5. The lowest BCUT2D eigenvalue weighted by atomic mass is 9.80. The maximum atomic E-state index is 13.5. The van der Waals surface area contributed by atoms with Gasteiger partial charge in [0.2, 0.25) is 5.88 Å². The predicted molar refractivity (Wildman–Crippen MR) is 159 cm³/mol. The molecule has 1 aromatic heterocycles. The van der Waals surface area contributed by atoms with Crippen molar-refractivity contribution >= 4 is 17.6 Å². The first-order chi connectivity index (χ1) is 20.8. The van der Waals surface area contributed by atoms with E-state index in [1.807, 2.05) is 19.9 Å². The van der Waals surface area contributed by atoms with Gasteiger partial charge in [0.1, 0.15) is 6.61 Å². The van der Waals surface area contributed by atoms with Gasteiger partial charge in [0.25, 0.3) is 5.69 Å². The molecule has 0 aliphatic carbocycles. The second-order valence-electron chi connectivity index (χ2n) is 10.2. The number of rotatable bonds is 18. The van der Waals surface area contributed by atoms with Crippen LogP contribution in [0.2, 0.25) is 0 Å². The summed E-state index contributed by atoms with van der Waals surface area (Å²) in [5, 5.41) is 21.7. The molecule has 0 spiro atoms. The number of nitrogens with one attached hydrogen (secondary N) is 2. The highest BCUT2D eigenvalue weighted by molar-refractivity contribution is 6.00. The third-order valence-corrected chi connectivity index (χ3v) is 6.93. The fourth-order valence-corrected chi connectivity index (χ4v) is 4.78. The Bertz CT molecular complexity index is 1320. The number of carbonyl (C=O) groups is 2. The minimum absolute atomic E-state index is 0.0340. The highest BCUT2D eigenvalue weighted by Gasteiger charge is 2.38. The number of allylic oxidation sites excluding steroid dienone is 2. The number of H-pyrrole nitrogens is 1. The molecule has 12 nitrogen and oxygen atoms in total. The molecular weight excluding hydrogens is 556 g/mol. The number of aromatic nitrogens is 2. The van der Waals surface area contributed by atoms with Gasteiger partial charge in [-0.15, -0.1) is 5.10 Å². The number of aromatic amines is 1. The van der Waals surface area contributed by atoms with Gasteiger partial charge in [-0.2, -0.15) is 0 Å². The number of nitrogens with zero attached hydrogens (tertiary/aromatic N) is 2. The van der Waals surface area contributed by atoms with Gasteiger partial charge in [0.05, 0.1) is 41.8 Å². The zero-order valence-electron chi connectivity index (χ0n) is 25.4. The van der Waals surface area contributed by atoms with Gasteiger partial charge in [0, 0.05) is 41.9 Å². The van der Waals surface area contributed by atoms with Crippen LogP contribution in [0, 0.1) is 10.1 Å². The van der Waals surface area contributed by atoms with Crippen LogP contribution in [0.25, 0.3) is 0 Å². The van der Waals surface area contributed by atoms with E-state index >= 15 is 0 Å². The Labute approximate surface area is 252 Å². The van der Waals surface area contributed by atoms with Crippen molar-refractivity contribution in [2.24, 2.45) is 0 Å². The Morgan fingerprint density at radius 1 is 0.907 bits per heavy atom. The van der Waals surface area contributed by atoms with Crippen molar-refractivity contribution in [1.29, 1.82) is 0 Å². The molecule has 2 aromatic rings. The second kappa shape index (κ2) is 17.1. The topological polar surface area (TPSA) is 155 Å². The summed E-state index contributed by atoms with van der Waals surface area (Å²) in [6, 6.07) is 7.81. The molecule has 1 aliphatic rings. The molecule has 1 atom stereocenters. The number of hydrogen-bond acceptors (Lipinski definition) is 10. The van der Waals surface area contributed by atoms with Crippen molar-refractivity contribution in [2.45, 2.75) is 72.1 Å². The molecule has 3 rings (SSSR count). The molecule has 234 valence electrons. The number of benzene rings is 1. The van der Waals surface area contributed by atoms with Crippen LogP contribution < -0.4 is 10.1 Å². The number of nitro benzene ring substituents is 1. The summed E-state index contributed by atoms with van der Waals surface area (Å²) in [6.07, 6.45) is 4.91. The zero-order valence-corrected chi connectivity index (χ0v) is 25.4. The number of non-ortho nitro benzene ring substituents is 1. The summed E-state index contributed by atoms with van der Waals surface area (Å²) in [5.41, 5.74) is 2.68. The first-order valence-corrected chi connectivity index (χ1v) is 14.8. The molecule has 1 unspecified atom stereocenters. The van der Waals surface area contributed by atoms with E-state index in [4.69, 9.17) is 18.9 Å². The smallest absolute Gasteiger partial charge is 0.336 e. The first-order valence-electron chi connectivity index (χ1n) is 14.8. The Kier molecular flexibility index (Phi) is 13.2. The summed E-state index contributed by atoms with van der Waals surface area (Å²) in [7, 11) is 0. The number of nitro groups is 1. The highest BCUT2D eigenvalue weighted by atomic mass is 16.6. The number of unbranched alkanes of at least 4 members (excludes halogenated alkanes) is 3. The van der Waals surface area contributed by atoms with E-state index in [-0.39, 0.29) is 36.7 Å². The Morgan fingerprint density at radius 2 is 1.58 bits per heavy atom. The quantitative estimate of drug-likeness (QED) is 0.100. The average Bonchev–Trinajstić information content (AvgIpc) is 3.45. The van der Waals surface area contributed by atoms with Crippen molar-refractivity contribution in [2.75, 3.05) is 33.0 Å². The SMILES string of the molecule is CCCOCCOC(=O)C1=C(C)NC(C)=C(C(=O)OCCCCCCOc2cc(CC)[nH]n2)C1c1cccc([N+](=O)[O-])c1. The van der Waals surface area contributed by atoms with Crippen LogP contribution in [-0.4, -0.2) is 60.1 Å². The van der Waals surface area contributed by atoms with Crippen LogP contribution in [0.15, 0.2) is 52.9 Å². The van der Waals surface area contributed by atoms with Gasteiger partial charge in [-0.1, -0.05) is 26.0 Å². The molecular formula is C31H42N4O8. The number of ether oxygens (including phenoxy) is 4. The standard InChI is InChI=1S/C31H42N4O8/c1-5-14-40-17-18-43-31(37)28-22(4)32-21(3)27(29(28)23-12-11-13-25(19-23)35(38)39)30(36)42-16-10-8-7-9-15-41-26-20-24(6-2)33-34-26/h11-13,19-20,29,32H,5-10,14-18H2,1-4H3,(H,33,34). The van der Waals surface area contributed by atoms with Gasteiger partial charge in [-0.05, 0) is 57.9 Å². The molecule has 0 fully saturated rings. The summed E-state index contributed by atoms with van der Waals surface area (Å²) >= 11 is 0. The summed E-state index contributed by atoms with van der Waals surface area (Å²) in [5.74, 6) is -1.56. The van der Waals surface area contributed by atoms with Crippen LogP contribution in [-0.2, 0) is 30.2 Å². The molecule has 0 amide bonds. The van der Waals surface area contributed by atoms with Crippen molar-refractivity contribution in [3.63, 3.8) is 0 Å². The molecule has 0 saturated carbocycles. The number of esters is 2. The third kappa shape index (κ3) is 9.67. The van der Waals surface area contributed by atoms with Gasteiger partial charge < -0.3 is 24.3 Å². The first kappa shape index (κ1) is 33.3. The third-order valence-electron chi connectivity index (χ3n) is 6.93. The van der Waals surface area contributed by atoms with E-state index in [1.165, 1.54) is 18.2 Å². The fraction of sp³-hybridized carbons (Fsp3) is 0.516. The van der Waals surface area contributed by atoms with Crippen LogP contribution in [0.1, 0.15) is 77.0 Å². The largest absolute Gasteiger partial charge is 0.477 e. The summed E-state index contributed by atoms with van der Waals surface area (Å²) < 4.78 is 22.2. The minimum Gasteiger partial charge on any atom is -0.477 e. The molecule has 1 aromatic carbocycles. The number of dihydropyridines is 1. The van der Waals surface area contributed by atoms with Crippen molar-refractivity contribution < 1.29 is 33.5 Å². The number of aryl methyl sites for hydroxylation is 1. The van der Waals surface area contributed by atoms with Gasteiger partial charge in [-0.3, -0.25) is 15.2 Å². The van der Waals surface area contributed by atoms with Crippen LogP contribution in [0.5, 0.6) is 5.88 Å². The number of carbonyl (C=O) groups excluding carboxylic acids is 2. The molecule has 1 aliphatic heterocycles. The Balaban J connectivity index is 1.64. The van der Waals surface area contributed by atoms with E-state index in [9.17, 15) is 19.7 Å². The van der Waals surface area contributed by atoms with E-state index in [0.29, 0.717) is 42.5 Å². The molecule has 0 saturated heterocycles. The predicted octanol–water partition coefficient (Wildman–Crippen LogP) is 5.27. The second-order valence-corrected chi connectivity index (χ2v) is 10.2. The van der Waals surface area contributed by atoms with E-state index in [1.54, 1.807) is 19.9 Å². The minimum atomic E-state index is -0.912. The van der Waals surface area contributed by atoms with E-state index in [2.05, 4.69) is 15.5 Å². The zero-order chi connectivity index (χ0) is 31.2. The summed E-state index contributed by atoms with van der Waals surface area (Å²) in [6.45, 7) is 9.00. The molecule has 0 bridgehead atoms. The maximum Gasteiger partial charge on any atom is 0.336 e. The lowest BCUT2D eigenvalue weighted by Crippen LogP contribution is -2.33. The lowest BCUT2D eigenvalue weighted by molar-refractivity contribution is -0.384. The summed E-state index contributed by atoms with van der Waals surface area (Å²) in [4.78, 5) is 37.8. The van der Waals surface area contributed by atoms with Gasteiger partial charge in [-0.25, -0.2) is 9.59 Å². The van der Waals surface area contributed by atoms with Crippen LogP contribution in [0.3, 0.4) is 0 Å². The Morgan fingerprint density at radius 3 is 2.21 bits per heavy atom. The lowest BCUT2D eigenvalue weighted by Gasteiger charge is -2.30. The highest BCUT2D eigenvalue weighted by Crippen LogP contribution is 2.40. The Hall–Kier alpha value is -4.19. The van der Waals surface area contributed by atoms with Gasteiger partial charge in [0.15, 0.2) is 0 Å². The molecule has 2 heterocycles. The van der Waals surface area contributed by atoms with E-state index < -0.39 is 22.8 Å². The monoisotopic (exact) mass is 598 g/mol. The molecule has 0 radical (unpaired) electrons. The average molecular weight is 599 g/mol. The van der Waals surface area contributed by atoms with Gasteiger partial charge >= 0.3 is 11.9 Å². The molecule has 2 N–H and O–H groups in total. The number of hydrogen-bond donors (Lipinski definition) is 2. The normalized spacial score (nSPS) is 14.8. The van der Waals surface area contributed by atoms with Crippen molar-refractivity contribution in [3.8, 4) is 5.88 Å². The molecule has 12 heteroatoms. The molecule has 43 heavy (non-hydrogen) atoms.